The van der Waals surface area contributed by atoms with Crippen LogP contribution in [-0.2, 0) is 9.47 Å². The van der Waals surface area contributed by atoms with E-state index in [0.29, 0.717) is 12.3 Å². The number of allylic oxidation sites excluding steroid dienone is 2. The van der Waals surface area contributed by atoms with Crippen molar-refractivity contribution in [1.82, 2.24) is 5.32 Å². The number of dihydropyridines is 1. The molecule has 2 aliphatic heterocycles. The highest BCUT2D eigenvalue weighted by molar-refractivity contribution is 6.23. The molecule has 0 aromatic heterocycles. The molecule has 2 radical (unpaired) electrons. The lowest BCUT2D eigenvalue weighted by molar-refractivity contribution is 0.0434. The van der Waals surface area contributed by atoms with E-state index in [0.717, 1.165) is 5.76 Å². The van der Waals surface area contributed by atoms with Gasteiger partial charge in [-0.3, -0.25) is 0 Å². The summed E-state index contributed by atoms with van der Waals surface area (Å²) in [5.41, 5.74) is 0.664. The third-order valence-electron chi connectivity index (χ3n) is 1.43. The van der Waals surface area contributed by atoms with Crippen LogP contribution in [0.3, 0.4) is 0 Å². The van der Waals surface area contributed by atoms with Crippen molar-refractivity contribution in [1.29, 1.82) is 0 Å². The molecular formula is C6H6BNO2. The summed E-state index contributed by atoms with van der Waals surface area (Å²) in [6, 6.07) is 0. The zero-order valence-corrected chi connectivity index (χ0v) is 5.33. The van der Waals surface area contributed by atoms with E-state index >= 15 is 0 Å². The molecule has 0 bridgehead atoms. The third-order valence-corrected chi connectivity index (χ3v) is 1.43. The second kappa shape index (κ2) is 2.06. The quantitative estimate of drug-likeness (QED) is 0.467. The zero-order valence-electron chi connectivity index (χ0n) is 5.33. The molecule has 2 rings (SSSR count). The molecule has 3 nitrogen and oxygen atoms in total. The van der Waals surface area contributed by atoms with Crippen molar-refractivity contribution >= 4 is 7.85 Å². The van der Waals surface area contributed by atoms with Crippen molar-refractivity contribution in [2.45, 2.75) is 6.23 Å². The van der Waals surface area contributed by atoms with Crippen LogP contribution in [0.25, 0.3) is 0 Å². The Morgan fingerprint density at radius 1 is 1.70 bits per heavy atom. The van der Waals surface area contributed by atoms with Gasteiger partial charge in [0.2, 0.25) is 0 Å². The van der Waals surface area contributed by atoms with Gasteiger partial charge in [-0.25, -0.2) is 0 Å². The summed E-state index contributed by atoms with van der Waals surface area (Å²) >= 11 is 0. The summed E-state index contributed by atoms with van der Waals surface area (Å²) in [7, 11) is 5.48. The van der Waals surface area contributed by atoms with E-state index < -0.39 is 0 Å². The molecule has 1 saturated heterocycles. The van der Waals surface area contributed by atoms with Crippen LogP contribution >= 0.6 is 0 Å². The molecular weight excluding hydrogens is 129 g/mol. The standard InChI is InChI=1S/C6H6BNO2/c7-4-1-5-6(8-2-4)10-3-9-5/h1-2,6,8H,3H2. The fourth-order valence-corrected chi connectivity index (χ4v) is 0.953. The zero-order chi connectivity index (χ0) is 6.97. The summed E-state index contributed by atoms with van der Waals surface area (Å²) in [6.45, 7) is 0.310. The Morgan fingerprint density at radius 2 is 2.60 bits per heavy atom. The lowest BCUT2D eigenvalue weighted by atomic mass is 9.94. The van der Waals surface area contributed by atoms with Crippen LogP contribution in [0.15, 0.2) is 23.5 Å². The smallest absolute Gasteiger partial charge is 0.191 e. The predicted molar refractivity (Wildman–Crippen MR) is 35.9 cm³/mol. The molecule has 0 spiro atoms. The molecule has 4 heteroatoms. The van der Waals surface area contributed by atoms with Crippen LogP contribution in [0.1, 0.15) is 0 Å². The fourth-order valence-electron chi connectivity index (χ4n) is 0.953. The number of hydrogen-bond acceptors (Lipinski definition) is 3. The van der Waals surface area contributed by atoms with Gasteiger partial charge in [-0.05, 0) is 12.3 Å². The van der Waals surface area contributed by atoms with Gasteiger partial charge in [-0.1, -0.05) is 5.47 Å². The molecule has 1 unspecified atom stereocenters. The first-order chi connectivity index (χ1) is 4.86. The van der Waals surface area contributed by atoms with Gasteiger partial charge in [0.05, 0.1) is 0 Å². The highest BCUT2D eigenvalue weighted by Crippen LogP contribution is 2.18. The molecule has 0 amide bonds. The molecule has 1 atom stereocenters. The van der Waals surface area contributed by atoms with Crippen LogP contribution in [0, 0.1) is 0 Å². The first-order valence-corrected chi connectivity index (χ1v) is 3.04. The number of fused-ring (bicyclic) bond motifs is 1. The molecule has 0 saturated carbocycles. The summed E-state index contributed by atoms with van der Waals surface area (Å²) in [5, 5.41) is 2.93. The first-order valence-electron chi connectivity index (χ1n) is 3.04. The lowest BCUT2D eigenvalue weighted by Gasteiger charge is -2.13. The maximum absolute atomic E-state index is 5.48. The van der Waals surface area contributed by atoms with Gasteiger partial charge >= 0.3 is 0 Å². The van der Waals surface area contributed by atoms with Crippen molar-refractivity contribution in [2.24, 2.45) is 0 Å². The highest BCUT2D eigenvalue weighted by atomic mass is 16.7. The third kappa shape index (κ3) is 0.808. The van der Waals surface area contributed by atoms with Crippen molar-refractivity contribution in [3.63, 3.8) is 0 Å². The average Bonchev–Trinajstić information content (AvgIpc) is 2.33. The van der Waals surface area contributed by atoms with Gasteiger partial charge in [0.25, 0.3) is 0 Å². The predicted octanol–water partition coefficient (Wildman–Crippen LogP) is -0.186. The molecule has 50 valence electrons. The lowest BCUT2D eigenvalue weighted by Crippen LogP contribution is -2.27. The molecule has 0 aliphatic carbocycles. The minimum absolute atomic E-state index is 0.118. The molecule has 2 heterocycles. The van der Waals surface area contributed by atoms with Crippen molar-refractivity contribution in [2.75, 3.05) is 6.79 Å². The summed E-state index contributed by atoms with van der Waals surface area (Å²) < 4.78 is 10.2. The number of ether oxygens (including phenoxy) is 2. The average molecular weight is 135 g/mol. The Hall–Kier alpha value is -0.895. The second-order valence-corrected chi connectivity index (χ2v) is 2.17. The van der Waals surface area contributed by atoms with Crippen LogP contribution in [0.5, 0.6) is 0 Å². The van der Waals surface area contributed by atoms with Crippen LogP contribution in [0.4, 0.5) is 0 Å². The van der Waals surface area contributed by atoms with Crippen LogP contribution in [-0.4, -0.2) is 20.9 Å². The van der Waals surface area contributed by atoms with E-state index in [4.69, 9.17) is 17.3 Å². The van der Waals surface area contributed by atoms with E-state index in [1.165, 1.54) is 0 Å². The molecule has 1 N–H and O–H groups in total. The van der Waals surface area contributed by atoms with Gasteiger partial charge < -0.3 is 14.8 Å². The molecule has 10 heavy (non-hydrogen) atoms. The topological polar surface area (TPSA) is 30.5 Å². The molecule has 0 aromatic carbocycles. The monoisotopic (exact) mass is 135 g/mol. The van der Waals surface area contributed by atoms with Crippen molar-refractivity contribution in [3.8, 4) is 0 Å². The Kier molecular flexibility index (Phi) is 1.20. The fraction of sp³-hybridized carbons (Fsp3) is 0.333. The van der Waals surface area contributed by atoms with E-state index in [-0.39, 0.29) is 6.23 Å². The maximum Gasteiger partial charge on any atom is 0.191 e. The number of nitrogens with one attached hydrogen (secondary N) is 1. The van der Waals surface area contributed by atoms with Gasteiger partial charge in [-0.2, -0.15) is 0 Å². The Morgan fingerprint density at radius 3 is 3.50 bits per heavy atom. The Bertz CT molecular complexity index is 212. The number of rotatable bonds is 0. The molecule has 2 aliphatic rings. The number of hydrogen-bond donors (Lipinski definition) is 1. The Labute approximate surface area is 60.1 Å². The largest absolute Gasteiger partial charge is 0.467 e. The second-order valence-electron chi connectivity index (χ2n) is 2.17. The minimum Gasteiger partial charge on any atom is -0.467 e. The van der Waals surface area contributed by atoms with Gasteiger partial charge in [0.15, 0.2) is 13.0 Å². The summed E-state index contributed by atoms with van der Waals surface area (Å²) in [4.78, 5) is 0. The van der Waals surface area contributed by atoms with Crippen LogP contribution < -0.4 is 5.32 Å². The SMILES string of the molecule is [B]C1=CNC2OCOC2=C1. The van der Waals surface area contributed by atoms with Gasteiger partial charge in [0, 0.05) is 0 Å². The normalized spacial score (nSPS) is 29.4. The Balaban J connectivity index is 2.24. The van der Waals surface area contributed by atoms with E-state index in [2.05, 4.69) is 5.32 Å². The van der Waals surface area contributed by atoms with Gasteiger partial charge in [0.1, 0.15) is 13.6 Å². The maximum atomic E-state index is 5.48. The molecule has 1 fully saturated rings. The van der Waals surface area contributed by atoms with E-state index in [1.807, 2.05) is 0 Å². The van der Waals surface area contributed by atoms with Crippen molar-refractivity contribution < 1.29 is 9.47 Å². The summed E-state index contributed by atoms with van der Waals surface area (Å²) in [5.74, 6) is 0.764. The van der Waals surface area contributed by atoms with Gasteiger partial charge in [-0.15, -0.1) is 0 Å². The minimum atomic E-state index is -0.118. The van der Waals surface area contributed by atoms with Crippen molar-refractivity contribution in [3.05, 3.63) is 23.5 Å². The molecule has 0 aromatic rings. The van der Waals surface area contributed by atoms with E-state index in [1.54, 1.807) is 12.3 Å². The first kappa shape index (κ1) is 5.86. The van der Waals surface area contributed by atoms with E-state index in [9.17, 15) is 0 Å². The highest BCUT2D eigenvalue weighted by Gasteiger charge is 2.23. The van der Waals surface area contributed by atoms with Crippen LogP contribution in [0.2, 0.25) is 0 Å². The summed E-state index contributed by atoms with van der Waals surface area (Å²) in [6.07, 6.45) is 3.34.